The molecule has 0 bridgehead atoms. The number of carbonyl (C=O) groups excluding carboxylic acids is 1. The van der Waals surface area contributed by atoms with Gasteiger partial charge in [-0.05, 0) is 7.05 Å². The Morgan fingerprint density at radius 2 is 2.47 bits per heavy atom. The molecule has 2 N–H and O–H groups in total. The number of amides is 1. The summed E-state index contributed by atoms with van der Waals surface area (Å²) in [7, 11) is 3.59. The molecule has 1 aromatic rings. The average molecular weight is 211 g/mol. The lowest BCUT2D eigenvalue weighted by molar-refractivity contribution is -0.134. The maximum atomic E-state index is 11.8. The summed E-state index contributed by atoms with van der Waals surface area (Å²) in [4.78, 5) is 17.4. The second-order valence-electron chi connectivity index (χ2n) is 3.59. The molecule has 6 heteroatoms. The molecule has 0 aliphatic heterocycles. The maximum absolute atomic E-state index is 11.8. The van der Waals surface area contributed by atoms with Crippen LogP contribution in [0.25, 0.3) is 0 Å². The van der Waals surface area contributed by atoms with E-state index >= 15 is 0 Å². The zero-order chi connectivity index (χ0) is 11.3. The molecule has 6 nitrogen and oxygen atoms in total. The number of nitrogens with one attached hydrogen (secondary N) is 2. The van der Waals surface area contributed by atoms with Crippen molar-refractivity contribution < 1.29 is 4.79 Å². The highest BCUT2D eigenvalue weighted by Crippen LogP contribution is 2.02. The smallest absolute Gasteiger partial charge is 0.226 e. The van der Waals surface area contributed by atoms with Gasteiger partial charge in [0.05, 0.1) is 6.54 Å². The Labute approximate surface area is 89.1 Å². The Hall–Kier alpha value is -1.43. The Kier molecular flexibility index (Phi) is 4.23. The molecule has 15 heavy (non-hydrogen) atoms. The molecular formula is C9H17N5O. The van der Waals surface area contributed by atoms with E-state index in [0.717, 1.165) is 0 Å². The Bertz CT molecular complexity index is 297. The van der Waals surface area contributed by atoms with E-state index in [4.69, 9.17) is 0 Å². The van der Waals surface area contributed by atoms with Crippen LogP contribution in [-0.4, -0.2) is 46.6 Å². The van der Waals surface area contributed by atoms with Crippen molar-refractivity contribution in [3.8, 4) is 0 Å². The SMILES string of the molecule is CNCC(C)C(=O)N(C)Cc1ncn[nH]1. The highest BCUT2D eigenvalue weighted by Gasteiger charge is 2.17. The molecule has 0 aliphatic carbocycles. The van der Waals surface area contributed by atoms with Crippen LogP contribution in [0.15, 0.2) is 6.33 Å². The lowest BCUT2D eigenvalue weighted by Crippen LogP contribution is -2.35. The van der Waals surface area contributed by atoms with Gasteiger partial charge in [-0.15, -0.1) is 0 Å². The number of rotatable bonds is 5. The fraction of sp³-hybridized carbons (Fsp3) is 0.667. The normalized spacial score (nSPS) is 12.5. The van der Waals surface area contributed by atoms with Crippen LogP contribution in [0.3, 0.4) is 0 Å². The van der Waals surface area contributed by atoms with Crippen molar-refractivity contribution >= 4 is 5.91 Å². The second kappa shape index (κ2) is 5.45. The summed E-state index contributed by atoms with van der Waals surface area (Å²) in [6, 6.07) is 0. The van der Waals surface area contributed by atoms with Gasteiger partial charge in [0.25, 0.3) is 0 Å². The van der Waals surface area contributed by atoms with E-state index in [0.29, 0.717) is 18.9 Å². The van der Waals surface area contributed by atoms with Crippen molar-refractivity contribution in [1.82, 2.24) is 25.4 Å². The lowest BCUT2D eigenvalue weighted by atomic mass is 10.1. The Morgan fingerprint density at radius 3 is 3.00 bits per heavy atom. The predicted molar refractivity (Wildman–Crippen MR) is 55.9 cm³/mol. The summed E-state index contributed by atoms with van der Waals surface area (Å²) < 4.78 is 0. The monoisotopic (exact) mass is 211 g/mol. The third-order valence-electron chi connectivity index (χ3n) is 2.16. The number of hydrogen-bond donors (Lipinski definition) is 2. The summed E-state index contributed by atoms with van der Waals surface area (Å²) >= 11 is 0. The van der Waals surface area contributed by atoms with Gasteiger partial charge < -0.3 is 10.2 Å². The molecule has 0 fully saturated rings. The summed E-state index contributed by atoms with van der Waals surface area (Å²) in [6.45, 7) is 3.04. The summed E-state index contributed by atoms with van der Waals surface area (Å²) in [5, 5.41) is 9.43. The van der Waals surface area contributed by atoms with Crippen molar-refractivity contribution in [2.24, 2.45) is 5.92 Å². The van der Waals surface area contributed by atoms with Gasteiger partial charge in [-0.2, -0.15) is 5.10 Å². The van der Waals surface area contributed by atoms with Crippen molar-refractivity contribution in [2.75, 3.05) is 20.6 Å². The van der Waals surface area contributed by atoms with Gasteiger partial charge in [-0.1, -0.05) is 6.92 Å². The summed E-state index contributed by atoms with van der Waals surface area (Å²) in [5.74, 6) is 0.770. The summed E-state index contributed by atoms with van der Waals surface area (Å²) in [5.41, 5.74) is 0. The molecule has 0 radical (unpaired) electrons. The molecule has 1 atom stereocenters. The molecule has 0 saturated carbocycles. The van der Waals surface area contributed by atoms with Gasteiger partial charge in [0.2, 0.25) is 5.91 Å². The highest BCUT2D eigenvalue weighted by atomic mass is 16.2. The molecule has 0 aliphatic rings. The van der Waals surface area contributed by atoms with Gasteiger partial charge in [0.1, 0.15) is 12.2 Å². The second-order valence-corrected chi connectivity index (χ2v) is 3.59. The van der Waals surface area contributed by atoms with Gasteiger partial charge in [0, 0.05) is 19.5 Å². The van der Waals surface area contributed by atoms with E-state index in [1.54, 1.807) is 11.9 Å². The molecule has 1 amide bonds. The highest BCUT2D eigenvalue weighted by molar-refractivity contribution is 5.78. The number of aromatic amines is 1. The lowest BCUT2D eigenvalue weighted by Gasteiger charge is -2.19. The Balaban J connectivity index is 2.46. The molecular weight excluding hydrogens is 194 g/mol. The molecule has 84 valence electrons. The van der Waals surface area contributed by atoms with Crippen LogP contribution in [0.4, 0.5) is 0 Å². The van der Waals surface area contributed by atoms with Gasteiger partial charge in [0.15, 0.2) is 0 Å². The fourth-order valence-corrected chi connectivity index (χ4v) is 1.38. The zero-order valence-electron chi connectivity index (χ0n) is 9.32. The summed E-state index contributed by atoms with van der Waals surface area (Å²) in [6.07, 6.45) is 1.44. The maximum Gasteiger partial charge on any atom is 0.226 e. The van der Waals surface area contributed by atoms with Crippen molar-refractivity contribution in [1.29, 1.82) is 0 Å². The van der Waals surface area contributed by atoms with E-state index in [1.807, 2.05) is 14.0 Å². The predicted octanol–water partition coefficient (Wildman–Crippen LogP) is -0.381. The van der Waals surface area contributed by atoms with Gasteiger partial charge >= 0.3 is 0 Å². The molecule has 1 unspecified atom stereocenters. The van der Waals surface area contributed by atoms with Crippen LogP contribution >= 0.6 is 0 Å². The van der Waals surface area contributed by atoms with Crippen molar-refractivity contribution in [3.63, 3.8) is 0 Å². The minimum Gasteiger partial charge on any atom is -0.338 e. The third kappa shape index (κ3) is 3.32. The first kappa shape index (κ1) is 11.6. The van der Waals surface area contributed by atoms with E-state index < -0.39 is 0 Å². The first-order valence-electron chi connectivity index (χ1n) is 4.89. The van der Waals surface area contributed by atoms with Crippen LogP contribution in [0.1, 0.15) is 12.7 Å². The molecule has 0 aromatic carbocycles. The zero-order valence-corrected chi connectivity index (χ0v) is 9.32. The van der Waals surface area contributed by atoms with Gasteiger partial charge in [-0.3, -0.25) is 9.89 Å². The minimum atomic E-state index is -0.0251. The van der Waals surface area contributed by atoms with Crippen LogP contribution in [-0.2, 0) is 11.3 Å². The van der Waals surface area contributed by atoms with E-state index in [1.165, 1.54) is 6.33 Å². The van der Waals surface area contributed by atoms with Gasteiger partial charge in [-0.25, -0.2) is 4.98 Å². The number of carbonyl (C=O) groups is 1. The number of hydrogen-bond acceptors (Lipinski definition) is 4. The van der Waals surface area contributed by atoms with E-state index in [2.05, 4.69) is 20.5 Å². The molecule has 1 heterocycles. The number of H-pyrrole nitrogens is 1. The number of nitrogens with zero attached hydrogens (tertiary/aromatic N) is 3. The number of aromatic nitrogens is 3. The quantitative estimate of drug-likeness (QED) is 0.696. The van der Waals surface area contributed by atoms with E-state index in [-0.39, 0.29) is 11.8 Å². The first-order valence-corrected chi connectivity index (χ1v) is 4.89. The molecule has 0 saturated heterocycles. The Morgan fingerprint density at radius 1 is 1.73 bits per heavy atom. The van der Waals surface area contributed by atoms with Crippen molar-refractivity contribution in [3.05, 3.63) is 12.2 Å². The van der Waals surface area contributed by atoms with Crippen molar-refractivity contribution in [2.45, 2.75) is 13.5 Å². The van der Waals surface area contributed by atoms with E-state index in [9.17, 15) is 4.79 Å². The van der Waals surface area contributed by atoms with Crippen LogP contribution in [0.5, 0.6) is 0 Å². The third-order valence-corrected chi connectivity index (χ3v) is 2.16. The molecule has 0 spiro atoms. The standard InChI is InChI=1S/C9H17N5O/c1-7(4-10-2)9(15)14(3)5-8-11-6-12-13-8/h6-7,10H,4-5H2,1-3H3,(H,11,12,13). The average Bonchev–Trinajstić information content (AvgIpc) is 2.69. The fourth-order valence-electron chi connectivity index (χ4n) is 1.38. The first-order chi connectivity index (χ1) is 7.15. The van der Waals surface area contributed by atoms with Crippen LogP contribution in [0.2, 0.25) is 0 Å². The largest absolute Gasteiger partial charge is 0.338 e. The minimum absolute atomic E-state index is 0.0251. The molecule has 1 rings (SSSR count). The molecule has 1 aromatic heterocycles. The van der Waals surface area contributed by atoms with Crippen LogP contribution in [0, 0.1) is 5.92 Å². The van der Waals surface area contributed by atoms with Crippen LogP contribution < -0.4 is 5.32 Å². The topological polar surface area (TPSA) is 73.9 Å².